The number of thiophene rings is 1. The number of hydrogen-bond donors (Lipinski definition) is 0. The zero-order valence-electron chi connectivity index (χ0n) is 42.2. The number of benzene rings is 5. The average molecular weight is 896 g/mol. The van der Waals surface area contributed by atoms with Gasteiger partial charge in [-0.05, 0) is 157 Å². The molecule has 0 spiro atoms. The highest BCUT2D eigenvalue weighted by Crippen LogP contribution is 2.63. The molecule has 3 aliphatic carbocycles. The van der Waals surface area contributed by atoms with E-state index in [2.05, 4.69) is 197 Å². The van der Waals surface area contributed by atoms with Crippen molar-refractivity contribution >= 4 is 74.0 Å². The van der Waals surface area contributed by atoms with Crippen LogP contribution in [0.1, 0.15) is 171 Å². The van der Waals surface area contributed by atoms with Gasteiger partial charge >= 0.3 is 0 Å². The SMILES string of the molecule is CC(C)(C)C1=Cc2c(sc3c2B2c4ccc5c6c4N(c4cc7c(cc4C6(C)CCC5(C)C)C(C)(C)CCC7(C)C)c4cc(C#N)cc(c42)N3c2ccc(C(C)(C)C)cc2-c2ccccc2)CC1. The van der Waals surface area contributed by atoms with E-state index >= 15 is 0 Å². The summed E-state index contributed by atoms with van der Waals surface area (Å²) in [6.45, 7) is 31.5. The van der Waals surface area contributed by atoms with Gasteiger partial charge in [0, 0.05) is 32.9 Å². The second kappa shape index (κ2) is 13.7. The van der Waals surface area contributed by atoms with Crippen LogP contribution in [0.5, 0.6) is 0 Å². The van der Waals surface area contributed by atoms with Crippen LogP contribution in [-0.2, 0) is 33.5 Å². The third kappa shape index (κ3) is 5.94. The van der Waals surface area contributed by atoms with Crippen molar-refractivity contribution in [3.05, 3.63) is 140 Å². The molecule has 4 heterocycles. The van der Waals surface area contributed by atoms with Crippen LogP contribution in [0.15, 0.2) is 90.5 Å². The molecule has 0 N–H and O–H groups in total. The first-order chi connectivity index (χ1) is 31.5. The minimum absolute atomic E-state index is 0.00558. The Morgan fingerprint density at radius 3 is 1.94 bits per heavy atom. The molecule has 0 saturated heterocycles. The van der Waals surface area contributed by atoms with Crippen LogP contribution in [0.4, 0.5) is 33.4 Å². The van der Waals surface area contributed by atoms with Crippen LogP contribution in [-0.4, -0.2) is 6.71 Å². The zero-order valence-corrected chi connectivity index (χ0v) is 43.0. The van der Waals surface area contributed by atoms with Gasteiger partial charge in [0.25, 0.3) is 6.71 Å². The molecule has 6 aromatic rings. The van der Waals surface area contributed by atoms with Crippen molar-refractivity contribution < 1.29 is 0 Å². The number of rotatable bonds is 2. The van der Waals surface area contributed by atoms with Crippen molar-refractivity contribution in [1.82, 2.24) is 0 Å². The van der Waals surface area contributed by atoms with Crippen molar-refractivity contribution in [2.24, 2.45) is 5.41 Å². The van der Waals surface area contributed by atoms with E-state index in [4.69, 9.17) is 0 Å². The zero-order chi connectivity index (χ0) is 47.1. The smallest absolute Gasteiger partial charge is 0.254 e. The van der Waals surface area contributed by atoms with Gasteiger partial charge in [-0.1, -0.05) is 156 Å². The molecule has 12 rings (SSSR count). The maximum atomic E-state index is 11.2. The second-order valence-electron chi connectivity index (χ2n) is 25.4. The highest BCUT2D eigenvalue weighted by molar-refractivity contribution is 7.20. The highest BCUT2D eigenvalue weighted by atomic mass is 32.1. The van der Waals surface area contributed by atoms with Crippen LogP contribution in [0.2, 0.25) is 0 Å². The summed E-state index contributed by atoms with van der Waals surface area (Å²) in [6.07, 6.45) is 9.30. The Kier molecular flexibility index (Phi) is 8.79. The number of nitriles is 1. The molecule has 1 aromatic heterocycles. The van der Waals surface area contributed by atoms with E-state index in [0.29, 0.717) is 5.56 Å². The maximum absolute atomic E-state index is 11.2. The number of hydrogen-bond acceptors (Lipinski definition) is 4. The molecule has 338 valence electrons. The quantitative estimate of drug-likeness (QED) is 0.162. The van der Waals surface area contributed by atoms with E-state index in [0.717, 1.165) is 43.5 Å². The average Bonchev–Trinajstić information content (AvgIpc) is 3.66. The Balaban J connectivity index is 1.24. The number of aryl methyl sites for hydroxylation is 1. The topological polar surface area (TPSA) is 30.3 Å². The molecular formula is C62H66BN3S. The summed E-state index contributed by atoms with van der Waals surface area (Å²) in [7, 11) is 0. The van der Waals surface area contributed by atoms with Crippen molar-refractivity contribution in [2.45, 2.75) is 156 Å². The Bertz CT molecular complexity index is 3230. The lowest BCUT2D eigenvalue weighted by Crippen LogP contribution is -2.63. The molecular weight excluding hydrogens is 830 g/mol. The van der Waals surface area contributed by atoms with E-state index < -0.39 is 0 Å². The lowest BCUT2D eigenvalue weighted by Gasteiger charge is -2.55. The largest absolute Gasteiger partial charge is 0.311 e. The fourth-order valence-electron chi connectivity index (χ4n) is 13.5. The molecule has 0 saturated carbocycles. The lowest BCUT2D eigenvalue weighted by atomic mass is 9.32. The molecule has 0 bridgehead atoms. The van der Waals surface area contributed by atoms with Crippen molar-refractivity contribution in [3.8, 4) is 17.2 Å². The van der Waals surface area contributed by atoms with Gasteiger partial charge in [-0.15, -0.1) is 11.3 Å². The molecule has 3 nitrogen and oxygen atoms in total. The summed E-state index contributed by atoms with van der Waals surface area (Å²) < 4.78 is 0. The Morgan fingerprint density at radius 1 is 0.612 bits per heavy atom. The molecule has 5 heteroatoms. The van der Waals surface area contributed by atoms with Gasteiger partial charge in [-0.3, -0.25) is 0 Å². The minimum Gasteiger partial charge on any atom is -0.311 e. The molecule has 5 aromatic carbocycles. The normalized spacial score (nSPS) is 21.0. The molecule has 1 unspecified atom stereocenters. The van der Waals surface area contributed by atoms with Gasteiger partial charge in [0.2, 0.25) is 0 Å². The molecule has 1 atom stereocenters. The number of nitrogens with zero attached hydrogens (tertiary/aromatic N) is 3. The maximum Gasteiger partial charge on any atom is 0.254 e. The first-order valence-corrected chi connectivity index (χ1v) is 26.0. The van der Waals surface area contributed by atoms with Crippen molar-refractivity contribution in [2.75, 3.05) is 9.80 Å². The summed E-state index contributed by atoms with van der Waals surface area (Å²) in [5.41, 5.74) is 25.2. The van der Waals surface area contributed by atoms with Crippen LogP contribution < -0.4 is 26.2 Å². The van der Waals surface area contributed by atoms with Gasteiger partial charge in [-0.2, -0.15) is 5.26 Å². The predicted molar refractivity (Wildman–Crippen MR) is 287 cm³/mol. The molecule has 0 fully saturated rings. The van der Waals surface area contributed by atoms with Crippen molar-refractivity contribution in [3.63, 3.8) is 0 Å². The number of allylic oxidation sites excluding steroid dienone is 1. The first kappa shape index (κ1) is 43.0. The second-order valence-corrected chi connectivity index (χ2v) is 26.5. The molecule has 6 aliphatic rings. The van der Waals surface area contributed by atoms with Gasteiger partial charge in [0.05, 0.1) is 28.0 Å². The summed E-state index contributed by atoms with van der Waals surface area (Å²) in [6, 6.07) is 35.8. The summed E-state index contributed by atoms with van der Waals surface area (Å²) in [5.74, 6) is 0. The van der Waals surface area contributed by atoms with E-state index in [1.807, 2.05) is 11.3 Å². The fraction of sp³-hybridized carbons (Fsp3) is 0.403. The van der Waals surface area contributed by atoms with Crippen LogP contribution in [0, 0.1) is 16.7 Å². The monoisotopic (exact) mass is 896 g/mol. The van der Waals surface area contributed by atoms with E-state index in [1.165, 1.54) is 105 Å². The van der Waals surface area contributed by atoms with Crippen LogP contribution in [0.25, 0.3) is 17.2 Å². The molecule has 0 amide bonds. The summed E-state index contributed by atoms with van der Waals surface area (Å²) >= 11 is 2.00. The van der Waals surface area contributed by atoms with E-state index in [1.54, 1.807) is 0 Å². The van der Waals surface area contributed by atoms with Crippen molar-refractivity contribution in [1.29, 1.82) is 5.26 Å². The van der Waals surface area contributed by atoms with Crippen LogP contribution >= 0.6 is 11.3 Å². The standard InChI is InChI=1S/C62H66BN3S/c1-57(2,3)38-19-23-47(40(31-38)37-17-15-14-16-18-37)66-50-30-36(35-64)29-49-54(50)63(53-41-32-39(58(4,5)6)20-24-51(41)67-56(53)66)46-22-21-42-52-55(46)65(49)48-34-44-43(60(9,10)25-26-61(44,11)12)33-45(48)62(52,13)28-27-59(42,7)8/h14-19,21-23,29-34H,20,24-28H2,1-13H3. The first-order valence-electron chi connectivity index (χ1n) is 25.2. The molecule has 0 radical (unpaired) electrons. The lowest BCUT2D eigenvalue weighted by molar-refractivity contribution is 0.327. The highest BCUT2D eigenvalue weighted by Gasteiger charge is 2.55. The predicted octanol–water partition coefficient (Wildman–Crippen LogP) is 15.1. The molecule has 67 heavy (non-hydrogen) atoms. The summed E-state index contributed by atoms with van der Waals surface area (Å²) in [5, 5.41) is 12.5. The summed E-state index contributed by atoms with van der Waals surface area (Å²) in [4.78, 5) is 6.78. The fourth-order valence-corrected chi connectivity index (χ4v) is 14.8. The van der Waals surface area contributed by atoms with Gasteiger partial charge in [0.15, 0.2) is 0 Å². The Hall–Kier alpha value is -5.31. The number of anilines is 6. The molecule has 3 aliphatic heterocycles. The van der Waals surface area contributed by atoms with Gasteiger partial charge in [-0.25, -0.2) is 0 Å². The van der Waals surface area contributed by atoms with Crippen LogP contribution in [0.3, 0.4) is 0 Å². The van der Waals surface area contributed by atoms with E-state index in [9.17, 15) is 5.26 Å². The van der Waals surface area contributed by atoms with E-state index in [-0.39, 0.29) is 39.2 Å². The van der Waals surface area contributed by atoms with Gasteiger partial charge in [0.1, 0.15) is 0 Å². The Morgan fingerprint density at radius 2 is 1.27 bits per heavy atom. The Labute approximate surface area is 405 Å². The van der Waals surface area contributed by atoms with Gasteiger partial charge < -0.3 is 9.80 Å². The minimum atomic E-state index is -0.168. The third-order valence-electron chi connectivity index (χ3n) is 17.7. The third-order valence-corrected chi connectivity index (χ3v) is 19.0. The number of fused-ring (bicyclic) bond motifs is 10.